The largest absolute Gasteiger partial charge is 0.301 e. The Bertz CT molecular complexity index is 191. The Morgan fingerprint density at radius 2 is 2.31 bits per heavy atom. The van der Waals surface area contributed by atoms with E-state index in [0.29, 0.717) is 6.42 Å². The van der Waals surface area contributed by atoms with Gasteiger partial charge in [0.2, 0.25) is 5.91 Å². The zero-order chi connectivity index (χ0) is 9.84. The van der Waals surface area contributed by atoms with Gasteiger partial charge in [-0.1, -0.05) is 0 Å². The fraction of sp³-hybridized carbons (Fsp3) is 0.857. The number of rotatable bonds is 2. The normalized spacial score (nSPS) is 34.2. The van der Waals surface area contributed by atoms with Crippen molar-refractivity contribution in [3.63, 3.8) is 0 Å². The molecule has 1 aliphatic carbocycles. The smallest absolute Gasteiger partial charge is 0.247 e. The lowest BCUT2D eigenvalue weighted by Gasteiger charge is -2.31. The highest BCUT2D eigenvalue weighted by atomic mass is 31.0. The molecule has 0 heterocycles. The molecule has 6 heteroatoms. The van der Waals surface area contributed by atoms with E-state index < -0.39 is 0 Å². The molecule has 1 amide bonds. The predicted octanol–water partition coefficient (Wildman–Crippen LogP) is -0.206. The van der Waals surface area contributed by atoms with Gasteiger partial charge in [-0.3, -0.25) is 10.0 Å². The molecule has 1 saturated carbocycles. The van der Waals surface area contributed by atoms with Crippen LogP contribution >= 0.6 is 9.24 Å². The minimum Gasteiger partial charge on any atom is -0.301 e. The van der Waals surface area contributed by atoms with Crippen molar-refractivity contribution in [3.8, 4) is 0 Å². The van der Waals surface area contributed by atoms with Crippen LogP contribution in [0.2, 0.25) is 0 Å². The maximum atomic E-state index is 11.2. The lowest BCUT2D eigenvalue weighted by molar-refractivity contribution is -0.136. The summed E-state index contributed by atoms with van der Waals surface area (Å²) in [5.41, 5.74) is 1.85. The lowest BCUT2D eigenvalue weighted by atomic mass is 9.86. The molecule has 4 N–H and O–H groups in total. The van der Waals surface area contributed by atoms with Crippen LogP contribution in [0.1, 0.15) is 19.3 Å². The first-order valence-corrected chi connectivity index (χ1v) is 4.90. The number of nitrogens with two attached hydrogens (primary N) is 1. The second kappa shape index (κ2) is 4.86. The van der Waals surface area contributed by atoms with Crippen molar-refractivity contribution in [2.45, 2.75) is 31.0 Å². The minimum atomic E-state index is -0.359. The molecule has 0 aliphatic heterocycles. The number of hydrogen-bond acceptors (Lipinski definition) is 4. The van der Waals surface area contributed by atoms with Gasteiger partial charge in [0.05, 0.1) is 6.10 Å². The molecule has 0 spiro atoms. The SMILES string of the molecule is NOC1CC[C@H](P)C(C(=O)NO)C1. The van der Waals surface area contributed by atoms with Gasteiger partial charge in [0.1, 0.15) is 0 Å². The van der Waals surface area contributed by atoms with E-state index in [2.05, 4.69) is 9.24 Å². The summed E-state index contributed by atoms with van der Waals surface area (Å²) in [7, 11) is 2.61. The van der Waals surface area contributed by atoms with Gasteiger partial charge in [-0.05, 0) is 24.9 Å². The number of hydrogen-bond donors (Lipinski definition) is 3. The molecular weight excluding hydrogens is 191 g/mol. The fourth-order valence-corrected chi connectivity index (χ4v) is 2.19. The minimum absolute atomic E-state index is 0.0703. The van der Waals surface area contributed by atoms with Crippen molar-refractivity contribution in [2.24, 2.45) is 11.8 Å². The van der Waals surface area contributed by atoms with Crippen LogP contribution in [0.3, 0.4) is 0 Å². The third-order valence-electron chi connectivity index (χ3n) is 2.50. The number of hydroxylamine groups is 1. The van der Waals surface area contributed by atoms with Gasteiger partial charge < -0.3 is 4.84 Å². The number of carbonyl (C=O) groups excluding carboxylic acids is 1. The van der Waals surface area contributed by atoms with Gasteiger partial charge in [0.25, 0.3) is 0 Å². The van der Waals surface area contributed by atoms with Gasteiger partial charge in [0, 0.05) is 5.92 Å². The van der Waals surface area contributed by atoms with Crippen molar-refractivity contribution < 1.29 is 14.8 Å². The molecule has 0 radical (unpaired) electrons. The lowest BCUT2D eigenvalue weighted by Crippen LogP contribution is -2.40. The summed E-state index contributed by atoms with van der Waals surface area (Å²) in [6.45, 7) is 0. The first-order valence-electron chi connectivity index (χ1n) is 4.24. The predicted molar refractivity (Wildman–Crippen MR) is 49.8 cm³/mol. The van der Waals surface area contributed by atoms with Crippen molar-refractivity contribution in [3.05, 3.63) is 0 Å². The monoisotopic (exact) mass is 206 g/mol. The Morgan fingerprint density at radius 1 is 1.62 bits per heavy atom. The molecule has 76 valence electrons. The average Bonchev–Trinajstić information content (AvgIpc) is 2.17. The van der Waals surface area contributed by atoms with E-state index in [1.807, 2.05) is 0 Å². The second-order valence-corrected chi connectivity index (χ2v) is 4.17. The topological polar surface area (TPSA) is 84.6 Å². The molecule has 0 aromatic carbocycles. The van der Waals surface area contributed by atoms with E-state index in [1.54, 1.807) is 5.48 Å². The van der Waals surface area contributed by atoms with Crippen LogP contribution in [0.25, 0.3) is 0 Å². The first-order chi connectivity index (χ1) is 6.19. The Morgan fingerprint density at radius 3 is 2.85 bits per heavy atom. The third-order valence-corrected chi connectivity index (χ3v) is 3.29. The highest BCUT2D eigenvalue weighted by Gasteiger charge is 2.33. The molecule has 13 heavy (non-hydrogen) atoms. The summed E-state index contributed by atoms with van der Waals surface area (Å²) in [5, 5.41) is 8.48. The van der Waals surface area contributed by atoms with E-state index in [9.17, 15) is 4.79 Å². The van der Waals surface area contributed by atoms with E-state index in [0.717, 1.165) is 12.8 Å². The molecule has 4 atom stereocenters. The Balaban J connectivity index is 2.54. The van der Waals surface area contributed by atoms with Gasteiger partial charge in [-0.15, -0.1) is 9.24 Å². The Labute approximate surface area is 79.1 Å². The molecule has 1 aliphatic rings. The number of carbonyl (C=O) groups is 1. The molecule has 0 saturated heterocycles. The maximum Gasteiger partial charge on any atom is 0.247 e. The summed E-state index contributed by atoms with van der Waals surface area (Å²) >= 11 is 0. The molecule has 1 fully saturated rings. The van der Waals surface area contributed by atoms with Crippen molar-refractivity contribution >= 4 is 15.1 Å². The zero-order valence-corrected chi connectivity index (χ0v) is 8.43. The molecule has 3 unspecified atom stereocenters. The standard InChI is InChI=1S/C7H15N2O3P/c8-12-4-1-2-6(13)5(3-4)7(10)9-11/h4-6,11H,1-3,8,13H2,(H,9,10)/t4?,5?,6-/m0/s1. The van der Waals surface area contributed by atoms with E-state index in [4.69, 9.17) is 15.9 Å². The number of amides is 1. The van der Waals surface area contributed by atoms with Crippen molar-refractivity contribution in [2.75, 3.05) is 0 Å². The first kappa shape index (κ1) is 10.9. The molecule has 0 aromatic heterocycles. The zero-order valence-electron chi connectivity index (χ0n) is 7.27. The second-order valence-electron chi connectivity index (χ2n) is 3.32. The Kier molecular flexibility index (Phi) is 4.06. The van der Waals surface area contributed by atoms with Crippen LogP contribution in [-0.4, -0.2) is 22.9 Å². The number of nitrogens with one attached hydrogen (secondary N) is 1. The summed E-state index contributed by atoms with van der Waals surface area (Å²) in [6, 6.07) is 0. The van der Waals surface area contributed by atoms with E-state index >= 15 is 0 Å². The maximum absolute atomic E-state index is 11.2. The highest BCUT2D eigenvalue weighted by molar-refractivity contribution is 7.17. The van der Waals surface area contributed by atoms with Crippen LogP contribution in [0.15, 0.2) is 0 Å². The third kappa shape index (κ3) is 2.61. The van der Waals surface area contributed by atoms with Gasteiger partial charge in [-0.25, -0.2) is 11.4 Å². The summed E-state index contributed by atoms with van der Waals surface area (Å²) < 4.78 is 0. The molecular formula is C7H15N2O3P. The van der Waals surface area contributed by atoms with Crippen LogP contribution in [0.4, 0.5) is 0 Å². The summed E-state index contributed by atoms with van der Waals surface area (Å²) in [5.74, 6) is 4.47. The fourth-order valence-electron chi connectivity index (χ4n) is 1.66. The molecule has 0 aromatic rings. The van der Waals surface area contributed by atoms with Gasteiger partial charge in [-0.2, -0.15) is 0 Å². The van der Waals surface area contributed by atoms with Crippen LogP contribution in [0.5, 0.6) is 0 Å². The molecule has 1 rings (SSSR count). The van der Waals surface area contributed by atoms with Crippen LogP contribution in [-0.2, 0) is 9.63 Å². The van der Waals surface area contributed by atoms with Crippen LogP contribution < -0.4 is 11.4 Å². The average molecular weight is 206 g/mol. The highest BCUT2D eigenvalue weighted by Crippen LogP contribution is 2.31. The van der Waals surface area contributed by atoms with E-state index in [-0.39, 0.29) is 23.6 Å². The van der Waals surface area contributed by atoms with Gasteiger partial charge in [0.15, 0.2) is 0 Å². The van der Waals surface area contributed by atoms with Crippen molar-refractivity contribution in [1.29, 1.82) is 0 Å². The summed E-state index contributed by atoms with van der Waals surface area (Å²) in [6.07, 6.45) is 2.22. The molecule has 5 nitrogen and oxygen atoms in total. The van der Waals surface area contributed by atoms with Crippen LogP contribution in [0, 0.1) is 5.92 Å². The summed E-state index contributed by atoms with van der Waals surface area (Å²) in [4.78, 5) is 15.9. The molecule has 0 bridgehead atoms. The van der Waals surface area contributed by atoms with Crippen molar-refractivity contribution in [1.82, 2.24) is 5.48 Å². The Hall–Kier alpha value is -0.220. The van der Waals surface area contributed by atoms with Gasteiger partial charge >= 0.3 is 0 Å². The van der Waals surface area contributed by atoms with E-state index in [1.165, 1.54) is 0 Å². The quantitative estimate of drug-likeness (QED) is 0.331.